The lowest BCUT2D eigenvalue weighted by molar-refractivity contribution is -0.178. The quantitative estimate of drug-likeness (QED) is 0.154. The van der Waals surface area contributed by atoms with Crippen LogP contribution in [0.5, 0.6) is 0 Å². The van der Waals surface area contributed by atoms with Crippen LogP contribution < -0.4 is 5.64 Å². The third-order valence-electron chi connectivity index (χ3n) is 3.23. The molecule has 0 fully saturated rings. The molecule has 0 bridgehead atoms. The zero-order valence-corrected chi connectivity index (χ0v) is 16.7. The molecule has 0 heterocycles. The van der Waals surface area contributed by atoms with Gasteiger partial charge in [0.25, 0.3) is 0 Å². The molecule has 160 valence electrons. The fraction of sp³-hybridized carbons (Fsp3) is 1.00. The summed E-state index contributed by atoms with van der Waals surface area (Å²) in [4.78, 5) is 8.90. The van der Waals surface area contributed by atoms with Gasteiger partial charge in [-0.3, -0.25) is 14.2 Å². The lowest BCUT2D eigenvalue weighted by Crippen LogP contribution is -2.19. The van der Waals surface area contributed by atoms with Crippen LogP contribution in [0.3, 0.4) is 0 Å². The maximum Gasteiger partial charge on any atom is 0.397 e. The van der Waals surface area contributed by atoms with Crippen molar-refractivity contribution in [2.24, 2.45) is 0 Å². The Morgan fingerprint density at radius 2 is 1.15 bits per heavy atom. The highest BCUT2D eigenvalue weighted by Gasteiger charge is 2.02. The van der Waals surface area contributed by atoms with Crippen molar-refractivity contribution >= 4 is 10.4 Å². The fourth-order valence-corrected chi connectivity index (χ4v) is 2.30. The Kier molecular flexibility index (Phi) is 24.4. The summed E-state index contributed by atoms with van der Waals surface area (Å²) in [5.41, 5.74) is 2.07. The van der Waals surface area contributed by atoms with Crippen molar-refractivity contribution in [3.8, 4) is 0 Å². The van der Waals surface area contributed by atoms with E-state index in [2.05, 4.69) is 26.4 Å². The van der Waals surface area contributed by atoms with Crippen molar-refractivity contribution in [3.63, 3.8) is 0 Å². The van der Waals surface area contributed by atoms with Gasteiger partial charge in [-0.15, -0.1) is 0 Å². The van der Waals surface area contributed by atoms with Gasteiger partial charge < -0.3 is 10.2 Å². The Balaban J connectivity index is 0. The van der Waals surface area contributed by atoms with Crippen molar-refractivity contribution in [1.82, 2.24) is 5.64 Å². The van der Waals surface area contributed by atoms with E-state index in [0.29, 0.717) is 6.42 Å². The highest BCUT2D eigenvalue weighted by molar-refractivity contribution is 7.80. The highest BCUT2D eigenvalue weighted by atomic mass is 32.3. The van der Waals surface area contributed by atoms with Crippen LogP contribution >= 0.6 is 0 Å². The highest BCUT2D eigenvalue weighted by Crippen LogP contribution is 2.10. The first-order valence-electron chi connectivity index (χ1n) is 9.30. The molecule has 0 aromatic rings. The van der Waals surface area contributed by atoms with Gasteiger partial charge in [0.15, 0.2) is 0 Å². The van der Waals surface area contributed by atoms with Crippen LogP contribution in [0.1, 0.15) is 71.1 Å². The van der Waals surface area contributed by atoms with Gasteiger partial charge in [-0.25, -0.2) is 4.18 Å². The summed E-state index contributed by atoms with van der Waals surface area (Å²) < 4.78 is 33.0. The zero-order valence-electron chi connectivity index (χ0n) is 15.9. The Morgan fingerprint density at radius 1 is 0.731 bits per heavy atom. The van der Waals surface area contributed by atoms with Gasteiger partial charge >= 0.3 is 10.4 Å². The van der Waals surface area contributed by atoms with Crippen LogP contribution in [-0.4, -0.2) is 56.2 Å². The number of hydrogen-bond donors (Lipinski definition) is 4. The minimum Gasteiger partial charge on any atom is -0.394 e. The topological polar surface area (TPSA) is 135 Å². The average Bonchev–Trinajstić information content (AvgIpc) is 2.59. The summed E-state index contributed by atoms with van der Waals surface area (Å²) in [5.74, 6) is 0. The number of aliphatic hydroxyl groups excluding tert-OH is 2. The van der Waals surface area contributed by atoms with Crippen LogP contribution in [0.25, 0.3) is 0 Å². The molecule has 26 heavy (non-hydrogen) atoms. The first-order valence-corrected chi connectivity index (χ1v) is 10.7. The maximum absolute atomic E-state index is 10.2. The van der Waals surface area contributed by atoms with E-state index in [-0.39, 0.29) is 33.0 Å². The van der Waals surface area contributed by atoms with Crippen molar-refractivity contribution in [2.75, 3.05) is 33.0 Å². The molecule has 0 spiro atoms. The molecule has 0 saturated heterocycles. The maximum atomic E-state index is 10.2. The Morgan fingerprint density at radius 3 is 1.54 bits per heavy atom. The zero-order chi connectivity index (χ0) is 19.9. The molecular weight excluding hydrogens is 366 g/mol. The van der Waals surface area contributed by atoms with E-state index in [1.807, 2.05) is 0 Å². The molecule has 0 rings (SSSR count). The first-order chi connectivity index (χ1) is 12.5. The molecule has 0 aliphatic heterocycles. The Bertz CT molecular complexity index is 348. The Labute approximate surface area is 157 Å². The minimum absolute atomic E-state index is 0.0600. The predicted octanol–water partition coefficient (Wildman–Crippen LogP) is 2.15. The molecule has 0 aliphatic rings. The van der Waals surface area contributed by atoms with Crippen LogP contribution in [0.2, 0.25) is 0 Å². The SMILES string of the molecule is CCCCCCCCCCCCOS(=O)(=O)O.OCCONOCCO. The van der Waals surface area contributed by atoms with Crippen LogP contribution in [0, 0.1) is 0 Å². The molecule has 0 unspecified atom stereocenters. The molecule has 0 radical (unpaired) electrons. The minimum atomic E-state index is -4.23. The molecule has 0 aromatic heterocycles. The summed E-state index contributed by atoms with van der Waals surface area (Å²) in [6.45, 7) is 2.53. The van der Waals surface area contributed by atoms with Gasteiger partial charge in [0.05, 0.1) is 33.0 Å². The van der Waals surface area contributed by atoms with E-state index < -0.39 is 10.4 Å². The number of rotatable bonds is 18. The molecule has 0 aromatic carbocycles. The van der Waals surface area contributed by atoms with Gasteiger partial charge in [-0.2, -0.15) is 8.42 Å². The van der Waals surface area contributed by atoms with E-state index in [4.69, 9.17) is 14.8 Å². The van der Waals surface area contributed by atoms with Gasteiger partial charge in [0, 0.05) is 0 Å². The monoisotopic (exact) mass is 403 g/mol. The second-order valence-electron chi connectivity index (χ2n) is 5.66. The van der Waals surface area contributed by atoms with E-state index in [9.17, 15) is 8.42 Å². The molecule has 9 nitrogen and oxygen atoms in total. The average molecular weight is 404 g/mol. The van der Waals surface area contributed by atoms with Gasteiger partial charge in [0.1, 0.15) is 0 Å². The number of nitrogens with one attached hydrogen (secondary N) is 1. The normalized spacial score (nSPS) is 11.2. The fourth-order valence-electron chi connectivity index (χ4n) is 1.97. The standard InChI is InChI=1S/C12H26O4S.C4H11NO4/c1-2-3-4-5-6-7-8-9-10-11-12-16-17(13,14)15;6-1-3-8-5-9-4-2-7/h2-12H2,1H3,(H,13,14,15);5-7H,1-4H2. The van der Waals surface area contributed by atoms with Crippen molar-refractivity contribution in [3.05, 3.63) is 0 Å². The smallest absolute Gasteiger partial charge is 0.394 e. The van der Waals surface area contributed by atoms with E-state index >= 15 is 0 Å². The summed E-state index contributed by atoms with van der Waals surface area (Å²) in [5, 5.41) is 16.3. The lowest BCUT2D eigenvalue weighted by atomic mass is 10.1. The Hall–Kier alpha value is -0.330. The first kappa shape index (κ1) is 27.9. The second kappa shape index (κ2) is 22.7. The van der Waals surface area contributed by atoms with Crippen LogP contribution in [0.15, 0.2) is 0 Å². The third kappa shape index (κ3) is 31.4. The summed E-state index contributed by atoms with van der Waals surface area (Å²) >= 11 is 0. The molecule has 4 N–H and O–H groups in total. The van der Waals surface area contributed by atoms with E-state index in [0.717, 1.165) is 12.8 Å². The van der Waals surface area contributed by atoms with Crippen molar-refractivity contribution in [1.29, 1.82) is 0 Å². The number of hydrogen-bond acceptors (Lipinski definition) is 8. The molecule has 0 saturated carbocycles. The molecule has 0 atom stereocenters. The van der Waals surface area contributed by atoms with E-state index in [1.165, 1.54) is 44.9 Å². The van der Waals surface area contributed by atoms with Crippen molar-refractivity contribution < 1.29 is 37.0 Å². The van der Waals surface area contributed by atoms with Crippen molar-refractivity contribution in [2.45, 2.75) is 71.1 Å². The number of unbranched alkanes of at least 4 members (excludes halogenated alkanes) is 9. The largest absolute Gasteiger partial charge is 0.397 e. The molecule has 0 amide bonds. The lowest BCUT2D eigenvalue weighted by Gasteiger charge is -2.02. The predicted molar refractivity (Wildman–Crippen MR) is 98.6 cm³/mol. The second-order valence-corrected chi connectivity index (χ2v) is 6.75. The molecule has 10 heteroatoms. The molecular formula is C16H37NO8S. The number of aliphatic hydroxyl groups is 2. The van der Waals surface area contributed by atoms with Gasteiger partial charge in [-0.05, 0) is 6.42 Å². The van der Waals surface area contributed by atoms with E-state index in [1.54, 1.807) is 0 Å². The summed E-state index contributed by atoms with van der Waals surface area (Å²) in [6, 6.07) is 0. The van der Waals surface area contributed by atoms with Crippen LogP contribution in [-0.2, 0) is 24.3 Å². The molecule has 0 aliphatic carbocycles. The summed E-state index contributed by atoms with van der Waals surface area (Å²) in [7, 11) is -4.23. The van der Waals surface area contributed by atoms with Gasteiger partial charge in [0.2, 0.25) is 0 Å². The summed E-state index contributed by atoms with van der Waals surface area (Å²) in [6.07, 6.45) is 11.9. The van der Waals surface area contributed by atoms with Crippen LogP contribution in [0.4, 0.5) is 0 Å². The van der Waals surface area contributed by atoms with Gasteiger partial charge in [-0.1, -0.05) is 70.4 Å². The third-order valence-corrected chi connectivity index (χ3v) is 3.70.